The van der Waals surface area contributed by atoms with E-state index in [1.807, 2.05) is 48.8 Å². The summed E-state index contributed by atoms with van der Waals surface area (Å²) in [5, 5.41) is 12.6. The van der Waals surface area contributed by atoms with Gasteiger partial charge in [0.15, 0.2) is 11.5 Å². The van der Waals surface area contributed by atoms with E-state index in [0.29, 0.717) is 11.3 Å². The number of benzene rings is 2. The van der Waals surface area contributed by atoms with Crippen LogP contribution >= 0.6 is 0 Å². The Bertz CT molecular complexity index is 988. The first kappa shape index (κ1) is 15.1. The van der Waals surface area contributed by atoms with Crippen molar-refractivity contribution in [3.8, 4) is 22.6 Å². The number of hydrogen-bond donors (Lipinski definition) is 3. The van der Waals surface area contributed by atoms with Crippen molar-refractivity contribution < 1.29 is 14.6 Å². The zero-order chi connectivity index (χ0) is 17.4. The first-order valence-electron chi connectivity index (χ1n) is 7.83. The van der Waals surface area contributed by atoms with Crippen LogP contribution in [-0.4, -0.2) is 23.1 Å². The average molecular weight is 332 g/mol. The molecule has 1 aliphatic heterocycles. The molecular formula is C20H16N2O3. The summed E-state index contributed by atoms with van der Waals surface area (Å²) < 4.78 is 5.16. The third kappa shape index (κ3) is 2.65. The standard InChI is InChI=1S/C20H16N2O3/c1-25-19-10-14(3-5-18(19)23)13-2-4-15-16(8-12-6-7-21-11-12)20(24)22-17(15)9-13/h2-11,21,23H,1H3,(H,22,24). The summed E-state index contributed by atoms with van der Waals surface area (Å²) in [6.07, 6.45) is 5.53. The fraction of sp³-hybridized carbons (Fsp3) is 0.0500. The number of methoxy groups -OCH3 is 1. The van der Waals surface area contributed by atoms with Gasteiger partial charge in [0.25, 0.3) is 5.91 Å². The number of aromatic nitrogens is 1. The second-order valence-electron chi connectivity index (χ2n) is 5.80. The minimum absolute atomic E-state index is 0.0948. The van der Waals surface area contributed by atoms with Crippen LogP contribution in [0.15, 0.2) is 54.9 Å². The number of ether oxygens (including phenoxy) is 1. The van der Waals surface area contributed by atoms with Gasteiger partial charge in [0.2, 0.25) is 0 Å². The minimum atomic E-state index is -0.114. The summed E-state index contributed by atoms with van der Waals surface area (Å²) in [6.45, 7) is 0. The van der Waals surface area contributed by atoms with Crippen molar-refractivity contribution in [3.63, 3.8) is 0 Å². The molecule has 2 heterocycles. The summed E-state index contributed by atoms with van der Waals surface area (Å²) in [7, 11) is 1.51. The lowest BCUT2D eigenvalue weighted by molar-refractivity contribution is -0.110. The zero-order valence-corrected chi connectivity index (χ0v) is 13.5. The van der Waals surface area contributed by atoms with Crippen LogP contribution in [0, 0.1) is 0 Å². The van der Waals surface area contributed by atoms with Gasteiger partial charge in [0, 0.05) is 29.2 Å². The fourth-order valence-electron chi connectivity index (χ4n) is 2.97. The second kappa shape index (κ2) is 5.87. The lowest BCUT2D eigenvalue weighted by atomic mass is 9.99. The molecule has 0 spiro atoms. The van der Waals surface area contributed by atoms with Gasteiger partial charge in [-0.05, 0) is 47.0 Å². The molecule has 0 aliphatic carbocycles. The highest BCUT2D eigenvalue weighted by Gasteiger charge is 2.24. The molecule has 0 radical (unpaired) electrons. The minimum Gasteiger partial charge on any atom is -0.504 e. The number of phenolic OH excluding ortho intramolecular Hbond substituents is 1. The van der Waals surface area contributed by atoms with Crippen molar-refractivity contribution in [2.45, 2.75) is 0 Å². The molecule has 5 nitrogen and oxygen atoms in total. The van der Waals surface area contributed by atoms with Crippen molar-refractivity contribution in [1.29, 1.82) is 0 Å². The predicted molar refractivity (Wildman–Crippen MR) is 97.4 cm³/mol. The van der Waals surface area contributed by atoms with E-state index in [2.05, 4.69) is 10.3 Å². The molecule has 1 aromatic heterocycles. The van der Waals surface area contributed by atoms with Gasteiger partial charge in [-0.25, -0.2) is 0 Å². The lowest BCUT2D eigenvalue weighted by Crippen LogP contribution is -2.03. The Morgan fingerprint density at radius 3 is 2.64 bits per heavy atom. The first-order chi connectivity index (χ1) is 12.2. The van der Waals surface area contributed by atoms with Crippen LogP contribution in [0.5, 0.6) is 11.5 Å². The molecule has 0 atom stereocenters. The molecule has 3 aromatic rings. The third-order valence-electron chi connectivity index (χ3n) is 4.25. The maximum Gasteiger partial charge on any atom is 0.256 e. The SMILES string of the molecule is COc1cc(-c2ccc3c(c2)NC(=O)C3=Cc2cc[nH]c2)ccc1O. The second-order valence-corrected chi connectivity index (χ2v) is 5.80. The molecule has 0 saturated carbocycles. The average Bonchev–Trinajstić information content (AvgIpc) is 3.23. The van der Waals surface area contributed by atoms with E-state index in [-0.39, 0.29) is 11.7 Å². The molecule has 25 heavy (non-hydrogen) atoms. The highest BCUT2D eigenvalue weighted by Crippen LogP contribution is 2.38. The number of aromatic hydroxyl groups is 1. The van der Waals surface area contributed by atoms with E-state index >= 15 is 0 Å². The number of carbonyl (C=O) groups excluding carboxylic acids is 1. The summed E-state index contributed by atoms with van der Waals surface area (Å²) in [5.74, 6) is 0.393. The monoisotopic (exact) mass is 332 g/mol. The Hall–Kier alpha value is -3.47. The van der Waals surface area contributed by atoms with Gasteiger partial charge in [0.05, 0.1) is 7.11 Å². The molecule has 0 bridgehead atoms. The number of anilines is 1. The molecule has 2 aromatic carbocycles. The summed E-state index contributed by atoms with van der Waals surface area (Å²) in [5.41, 5.74) is 5.07. The quantitative estimate of drug-likeness (QED) is 0.637. The van der Waals surface area contributed by atoms with Crippen LogP contribution in [0.3, 0.4) is 0 Å². The van der Waals surface area contributed by atoms with Gasteiger partial charge in [0.1, 0.15) is 0 Å². The van der Waals surface area contributed by atoms with Crippen molar-refractivity contribution in [2.24, 2.45) is 0 Å². The molecule has 1 aliphatic rings. The van der Waals surface area contributed by atoms with Crippen molar-refractivity contribution >= 4 is 23.2 Å². The summed E-state index contributed by atoms with van der Waals surface area (Å²) in [4.78, 5) is 15.3. The zero-order valence-electron chi connectivity index (χ0n) is 13.5. The van der Waals surface area contributed by atoms with Crippen LogP contribution in [0.4, 0.5) is 5.69 Å². The van der Waals surface area contributed by atoms with Crippen LogP contribution < -0.4 is 10.1 Å². The smallest absolute Gasteiger partial charge is 0.256 e. The molecule has 0 unspecified atom stereocenters. The van der Waals surface area contributed by atoms with Gasteiger partial charge in [-0.2, -0.15) is 0 Å². The Kier molecular flexibility index (Phi) is 3.54. The predicted octanol–water partition coefficient (Wildman–Crippen LogP) is 3.89. The topological polar surface area (TPSA) is 74.3 Å². The van der Waals surface area contributed by atoms with Gasteiger partial charge < -0.3 is 20.1 Å². The first-order valence-corrected chi connectivity index (χ1v) is 7.83. The van der Waals surface area contributed by atoms with Gasteiger partial charge in [-0.1, -0.05) is 18.2 Å². The van der Waals surface area contributed by atoms with E-state index in [1.165, 1.54) is 7.11 Å². The maximum absolute atomic E-state index is 12.3. The number of H-pyrrole nitrogens is 1. The molecule has 0 fully saturated rings. The number of fused-ring (bicyclic) bond motifs is 1. The highest BCUT2D eigenvalue weighted by molar-refractivity contribution is 6.35. The Morgan fingerprint density at radius 2 is 1.88 bits per heavy atom. The number of nitrogens with one attached hydrogen (secondary N) is 2. The Balaban J connectivity index is 1.75. The Labute approximate surface area is 144 Å². The molecular weight excluding hydrogens is 316 g/mol. The van der Waals surface area contributed by atoms with Gasteiger partial charge in [-0.3, -0.25) is 4.79 Å². The van der Waals surface area contributed by atoms with Crippen LogP contribution in [-0.2, 0) is 4.79 Å². The Morgan fingerprint density at radius 1 is 1.08 bits per heavy atom. The van der Waals surface area contributed by atoms with Crippen molar-refractivity contribution in [3.05, 3.63) is 66.0 Å². The highest BCUT2D eigenvalue weighted by atomic mass is 16.5. The lowest BCUT2D eigenvalue weighted by Gasteiger charge is -2.08. The van der Waals surface area contributed by atoms with E-state index in [9.17, 15) is 9.90 Å². The van der Waals surface area contributed by atoms with Crippen LogP contribution in [0.1, 0.15) is 11.1 Å². The number of hydrogen-bond acceptors (Lipinski definition) is 3. The van der Waals surface area contributed by atoms with E-state index in [1.54, 1.807) is 12.1 Å². The van der Waals surface area contributed by atoms with E-state index < -0.39 is 0 Å². The number of phenols is 1. The number of carbonyl (C=O) groups is 1. The molecule has 5 heteroatoms. The third-order valence-corrected chi connectivity index (χ3v) is 4.25. The van der Waals surface area contributed by atoms with Gasteiger partial charge in [-0.15, -0.1) is 0 Å². The fourth-order valence-corrected chi connectivity index (χ4v) is 2.97. The molecule has 3 N–H and O–H groups in total. The molecule has 0 saturated heterocycles. The maximum atomic E-state index is 12.3. The van der Waals surface area contributed by atoms with Crippen LogP contribution in [0.25, 0.3) is 22.8 Å². The molecule has 124 valence electrons. The van der Waals surface area contributed by atoms with Crippen LogP contribution in [0.2, 0.25) is 0 Å². The van der Waals surface area contributed by atoms with Gasteiger partial charge >= 0.3 is 0 Å². The number of rotatable bonds is 3. The normalized spacial score (nSPS) is 14.4. The number of aromatic amines is 1. The van der Waals surface area contributed by atoms with Crippen molar-refractivity contribution in [2.75, 3.05) is 12.4 Å². The number of amides is 1. The molecule has 4 rings (SSSR count). The largest absolute Gasteiger partial charge is 0.504 e. The van der Waals surface area contributed by atoms with E-state index in [4.69, 9.17) is 4.74 Å². The van der Waals surface area contributed by atoms with E-state index in [0.717, 1.165) is 27.9 Å². The summed E-state index contributed by atoms with van der Waals surface area (Å²) in [6, 6.07) is 12.9. The summed E-state index contributed by atoms with van der Waals surface area (Å²) >= 11 is 0. The van der Waals surface area contributed by atoms with Crippen molar-refractivity contribution in [1.82, 2.24) is 4.98 Å². The molecule has 1 amide bonds.